The summed E-state index contributed by atoms with van der Waals surface area (Å²) in [5.41, 5.74) is -0.195. The highest BCUT2D eigenvalue weighted by molar-refractivity contribution is 5.87. The van der Waals surface area contributed by atoms with Gasteiger partial charge in [0.2, 0.25) is 5.91 Å². The van der Waals surface area contributed by atoms with Crippen molar-refractivity contribution in [3.8, 4) is 5.75 Å². The topological polar surface area (TPSA) is 60.5 Å². The van der Waals surface area contributed by atoms with Crippen LogP contribution >= 0.6 is 0 Å². The van der Waals surface area contributed by atoms with E-state index in [4.69, 9.17) is 9.47 Å². The van der Waals surface area contributed by atoms with Crippen molar-refractivity contribution < 1.29 is 14.3 Å². The first kappa shape index (κ1) is 19.2. The summed E-state index contributed by atoms with van der Waals surface area (Å²) in [6, 6.07) is 8.37. The molecule has 1 unspecified atom stereocenters. The van der Waals surface area contributed by atoms with E-state index in [1.165, 1.54) is 0 Å². The average Bonchev–Trinajstić information content (AvgIpc) is 2.69. The van der Waals surface area contributed by atoms with Gasteiger partial charge < -0.3 is 14.8 Å². The second-order valence-electron chi connectivity index (χ2n) is 8.75. The monoisotopic (exact) mass is 382 g/mol. The Morgan fingerprint density at radius 2 is 2.00 bits per heavy atom. The Kier molecular flexibility index (Phi) is 5.54. The van der Waals surface area contributed by atoms with Crippen molar-refractivity contribution in [2.24, 2.45) is 5.92 Å². The lowest BCUT2D eigenvalue weighted by molar-refractivity contribution is -0.136. The molecule has 5 nitrogen and oxygen atoms in total. The van der Waals surface area contributed by atoms with Crippen molar-refractivity contribution in [2.75, 3.05) is 6.61 Å². The first-order valence-electron chi connectivity index (χ1n) is 10.4. The minimum absolute atomic E-state index is 0.0713. The fraction of sp³-hybridized carbons (Fsp3) is 0.565. The second kappa shape index (κ2) is 8.08. The van der Waals surface area contributed by atoms with E-state index < -0.39 is 0 Å². The molecule has 1 amide bonds. The predicted molar refractivity (Wildman–Crippen MR) is 109 cm³/mol. The van der Waals surface area contributed by atoms with Crippen molar-refractivity contribution in [1.29, 1.82) is 0 Å². The van der Waals surface area contributed by atoms with Crippen LogP contribution in [0.1, 0.15) is 52.4 Å². The number of carbonyl (C=O) groups excluding carboxylic acids is 1. The van der Waals surface area contributed by atoms with Gasteiger partial charge in [0.1, 0.15) is 5.75 Å². The third-order valence-electron chi connectivity index (χ3n) is 6.02. The second-order valence-corrected chi connectivity index (χ2v) is 8.75. The normalized spacial score (nSPS) is 27.3. The lowest BCUT2D eigenvalue weighted by Gasteiger charge is -2.36. The van der Waals surface area contributed by atoms with Crippen LogP contribution in [0.15, 0.2) is 36.7 Å². The Bertz CT molecular complexity index is 822. The van der Waals surface area contributed by atoms with Gasteiger partial charge in [0, 0.05) is 41.7 Å². The number of carbonyl (C=O) groups is 1. The van der Waals surface area contributed by atoms with Crippen molar-refractivity contribution >= 4 is 16.7 Å². The summed E-state index contributed by atoms with van der Waals surface area (Å²) in [4.78, 5) is 16.9. The Hall–Kier alpha value is -2.14. The first-order chi connectivity index (χ1) is 13.5. The van der Waals surface area contributed by atoms with E-state index in [2.05, 4.69) is 30.2 Å². The molecule has 1 aliphatic heterocycles. The van der Waals surface area contributed by atoms with E-state index >= 15 is 0 Å². The van der Waals surface area contributed by atoms with E-state index in [-0.39, 0.29) is 29.6 Å². The fourth-order valence-corrected chi connectivity index (χ4v) is 4.47. The number of rotatable bonds is 4. The number of benzene rings is 1. The molecule has 1 aromatic carbocycles. The van der Waals surface area contributed by atoms with Gasteiger partial charge >= 0.3 is 0 Å². The van der Waals surface area contributed by atoms with Crippen molar-refractivity contribution in [2.45, 2.75) is 70.1 Å². The smallest absolute Gasteiger partial charge is 0.223 e. The number of fused-ring (bicyclic) bond motifs is 1. The zero-order valence-electron chi connectivity index (χ0n) is 16.8. The molecule has 2 heterocycles. The van der Waals surface area contributed by atoms with Crippen LogP contribution in [-0.4, -0.2) is 35.2 Å². The zero-order chi connectivity index (χ0) is 19.6. The van der Waals surface area contributed by atoms with Crippen LogP contribution in [0.5, 0.6) is 5.75 Å². The summed E-state index contributed by atoms with van der Waals surface area (Å²) < 4.78 is 12.0. The lowest BCUT2D eigenvalue weighted by atomic mass is 9.86. The van der Waals surface area contributed by atoms with Crippen LogP contribution in [0, 0.1) is 5.92 Å². The maximum atomic E-state index is 12.7. The molecule has 2 fully saturated rings. The summed E-state index contributed by atoms with van der Waals surface area (Å²) >= 11 is 0. The molecule has 0 bridgehead atoms. The van der Waals surface area contributed by atoms with Crippen LogP contribution in [0.2, 0.25) is 0 Å². The lowest BCUT2D eigenvalue weighted by Crippen LogP contribution is -2.46. The molecule has 150 valence electrons. The Labute approximate surface area is 166 Å². The van der Waals surface area contributed by atoms with E-state index in [9.17, 15) is 4.79 Å². The van der Waals surface area contributed by atoms with Crippen LogP contribution in [0.4, 0.5) is 0 Å². The third-order valence-corrected chi connectivity index (χ3v) is 6.02. The number of hydrogen-bond acceptors (Lipinski definition) is 4. The van der Waals surface area contributed by atoms with Gasteiger partial charge in [0.15, 0.2) is 0 Å². The number of hydrogen-bond donors (Lipinski definition) is 1. The number of pyridine rings is 1. The summed E-state index contributed by atoms with van der Waals surface area (Å²) in [5, 5.41) is 5.49. The molecule has 28 heavy (non-hydrogen) atoms. The molecule has 1 aliphatic carbocycles. The minimum atomic E-state index is -0.195. The van der Waals surface area contributed by atoms with Crippen LogP contribution in [0.3, 0.4) is 0 Å². The van der Waals surface area contributed by atoms with Crippen LogP contribution in [-0.2, 0) is 9.53 Å². The molecular weight excluding hydrogens is 352 g/mol. The Balaban J connectivity index is 1.29. The van der Waals surface area contributed by atoms with Gasteiger partial charge in [-0.2, -0.15) is 0 Å². The molecule has 1 N–H and O–H groups in total. The highest BCUT2D eigenvalue weighted by Gasteiger charge is 2.34. The molecule has 0 radical (unpaired) electrons. The molecule has 1 saturated heterocycles. The molecule has 1 aromatic heterocycles. The van der Waals surface area contributed by atoms with Gasteiger partial charge in [0.25, 0.3) is 0 Å². The SMILES string of the molecule is CC1(C)CC(C(=O)NC2CCC(Oc3cccc4cnccc34)CC2)CCO1. The molecule has 1 saturated carbocycles. The van der Waals surface area contributed by atoms with E-state index in [1.54, 1.807) is 6.20 Å². The largest absolute Gasteiger partial charge is 0.490 e. The predicted octanol–water partition coefficient (Wildman–Crippen LogP) is 4.25. The molecule has 5 heteroatoms. The third kappa shape index (κ3) is 4.46. The number of ether oxygens (including phenoxy) is 2. The van der Waals surface area contributed by atoms with Gasteiger partial charge in [-0.05, 0) is 64.5 Å². The van der Waals surface area contributed by atoms with Gasteiger partial charge in [-0.1, -0.05) is 12.1 Å². The number of nitrogens with zero attached hydrogens (tertiary/aromatic N) is 1. The van der Waals surface area contributed by atoms with Crippen molar-refractivity contribution in [1.82, 2.24) is 10.3 Å². The zero-order valence-corrected chi connectivity index (χ0v) is 16.8. The quantitative estimate of drug-likeness (QED) is 0.859. The number of nitrogens with one attached hydrogen (secondary N) is 1. The van der Waals surface area contributed by atoms with Crippen LogP contribution < -0.4 is 10.1 Å². The average molecular weight is 383 g/mol. The molecule has 0 spiro atoms. The Morgan fingerprint density at radius 1 is 1.18 bits per heavy atom. The standard InChI is InChI=1S/C23H30N2O3/c1-23(2)14-16(11-13-27-23)22(26)25-18-6-8-19(9-7-18)28-21-5-3-4-17-15-24-12-10-20(17)21/h3-5,10,12,15-16,18-19H,6-9,11,13-14H2,1-2H3,(H,25,26). The minimum Gasteiger partial charge on any atom is -0.490 e. The molecule has 2 aliphatic rings. The Morgan fingerprint density at radius 3 is 2.79 bits per heavy atom. The summed E-state index contributed by atoms with van der Waals surface area (Å²) in [7, 11) is 0. The number of amides is 1. The number of aromatic nitrogens is 1. The maximum absolute atomic E-state index is 12.7. The summed E-state index contributed by atoms with van der Waals surface area (Å²) in [5.74, 6) is 1.20. The highest BCUT2D eigenvalue weighted by atomic mass is 16.5. The maximum Gasteiger partial charge on any atom is 0.223 e. The van der Waals surface area contributed by atoms with Gasteiger partial charge in [-0.25, -0.2) is 0 Å². The molecule has 4 rings (SSSR count). The van der Waals surface area contributed by atoms with Gasteiger partial charge in [-0.15, -0.1) is 0 Å². The van der Waals surface area contributed by atoms with E-state index in [0.29, 0.717) is 6.61 Å². The van der Waals surface area contributed by atoms with E-state index in [1.807, 2.05) is 24.4 Å². The summed E-state index contributed by atoms with van der Waals surface area (Å²) in [6.45, 7) is 4.81. The molecular formula is C23H30N2O3. The molecule has 1 atom stereocenters. The fourth-order valence-electron chi connectivity index (χ4n) is 4.47. The highest BCUT2D eigenvalue weighted by Crippen LogP contribution is 2.31. The summed E-state index contributed by atoms with van der Waals surface area (Å²) in [6.07, 6.45) is 9.36. The first-order valence-corrected chi connectivity index (χ1v) is 10.4. The van der Waals surface area contributed by atoms with Gasteiger partial charge in [0.05, 0.1) is 11.7 Å². The van der Waals surface area contributed by atoms with Crippen molar-refractivity contribution in [3.63, 3.8) is 0 Å². The van der Waals surface area contributed by atoms with Crippen LogP contribution in [0.25, 0.3) is 10.8 Å². The van der Waals surface area contributed by atoms with Crippen molar-refractivity contribution in [3.05, 3.63) is 36.7 Å². The van der Waals surface area contributed by atoms with Gasteiger partial charge in [-0.3, -0.25) is 9.78 Å². The molecule has 2 aromatic rings. The van der Waals surface area contributed by atoms with E-state index in [0.717, 1.165) is 55.0 Å².